The lowest BCUT2D eigenvalue weighted by atomic mass is 9.97. The van der Waals surface area contributed by atoms with E-state index in [0.717, 1.165) is 29.6 Å². The van der Waals surface area contributed by atoms with E-state index in [0.29, 0.717) is 41.8 Å². The second kappa shape index (κ2) is 8.73. The molecule has 33 heavy (non-hydrogen) atoms. The van der Waals surface area contributed by atoms with Gasteiger partial charge in [0.15, 0.2) is 5.65 Å². The third-order valence-electron chi connectivity index (χ3n) is 5.84. The van der Waals surface area contributed by atoms with Crippen LogP contribution in [0.5, 0.6) is 0 Å². The molecular weight excluding hydrogens is 421 g/mol. The Balaban J connectivity index is 1.65. The van der Waals surface area contributed by atoms with Gasteiger partial charge in [-0.05, 0) is 55.3 Å². The van der Waals surface area contributed by atoms with Crippen molar-refractivity contribution < 1.29 is 13.9 Å². The Morgan fingerprint density at radius 3 is 2.45 bits per heavy atom. The number of carbonyl (C=O) groups excluding carboxylic acids is 1. The van der Waals surface area contributed by atoms with Crippen molar-refractivity contribution in [3.05, 3.63) is 82.9 Å². The third-order valence-corrected chi connectivity index (χ3v) is 5.84. The van der Waals surface area contributed by atoms with Gasteiger partial charge in [-0.15, -0.1) is 0 Å². The van der Waals surface area contributed by atoms with Gasteiger partial charge in [0.1, 0.15) is 5.82 Å². The number of fused-ring (bicyclic) bond motifs is 1. The molecule has 4 aromatic rings. The Kier molecular flexibility index (Phi) is 5.62. The topological polar surface area (TPSA) is 72.3 Å². The Bertz CT molecular complexity index is 1310. The van der Waals surface area contributed by atoms with E-state index in [1.54, 1.807) is 29.0 Å². The molecule has 0 saturated carbocycles. The Morgan fingerprint density at radius 1 is 1.06 bits per heavy atom. The predicted octanol–water partition coefficient (Wildman–Crippen LogP) is 4.07. The van der Waals surface area contributed by atoms with Gasteiger partial charge < -0.3 is 4.74 Å². The van der Waals surface area contributed by atoms with Crippen molar-refractivity contribution >= 4 is 22.8 Å². The first-order chi connectivity index (χ1) is 16.0. The first kappa shape index (κ1) is 21.2. The number of hydrogen-bond acceptors (Lipinski definition) is 6. The number of hydrazine groups is 1. The molecule has 1 aliphatic heterocycles. The van der Waals surface area contributed by atoms with Gasteiger partial charge in [0.05, 0.1) is 18.9 Å². The van der Waals surface area contributed by atoms with Gasteiger partial charge in [-0.1, -0.05) is 18.2 Å². The van der Waals surface area contributed by atoms with E-state index >= 15 is 0 Å². The van der Waals surface area contributed by atoms with Gasteiger partial charge in [0, 0.05) is 35.9 Å². The zero-order valence-corrected chi connectivity index (χ0v) is 18.5. The molecule has 7 nitrogen and oxygen atoms in total. The number of morpholine rings is 1. The number of carbonyl (C=O) groups is 1. The van der Waals surface area contributed by atoms with Crippen molar-refractivity contribution in [1.29, 1.82) is 0 Å². The van der Waals surface area contributed by atoms with Crippen molar-refractivity contribution in [1.82, 2.24) is 19.5 Å². The number of nitrogens with zero attached hydrogens (tertiary/aromatic N) is 4. The average molecular weight is 445 g/mol. The third kappa shape index (κ3) is 4.10. The summed E-state index contributed by atoms with van der Waals surface area (Å²) in [7, 11) is 0. The molecule has 0 radical (unpaired) electrons. The van der Waals surface area contributed by atoms with Crippen LogP contribution < -0.4 is 5.43 Å². The maximum Gasteiger partial charge on any atom is 0.239 e. The molecule has 0 atom stereocenters. The summed E-state index contributed by atoms with van der Waals surface area (Å²) in [6.07, 6.45) is 1.70. The molecule has 168 valence electrons. The zero-order chi connectivity index (χ0) is 22.9. The van der Waals surface area contributed by atoms with Gasteiger partial charge in [-0.3, -0.25) is 14.8 Å². The summed E-state index contributed by atoms with van der Waals surface area (Å²) < 4.78 is 20.8. The minimum absolute atomic E-state index is 0.115. The van der Waals surface area contributed by atoms with Crippen LogP contribution in [0.4, 0.5) is 10.3 Å². The highest BCUT2D eigenvalue weighted by Gasteiger charge is 2.23. The van der Waals surface area contributed by atoms with Crippen LogP contribution in [0.15, 0.2) is 54.7 Å². The standard InChI is InChI=1S/C25H24FN5O2/c1-16-4-3-5-17(2)22(16)23(32)21-14-18-15-27-25(29-30-10-12-33-13-11-30)28-24(18)31(21)20-8-6-19(26)7-9-20/h3-9,14-15H,10-13H2,1-2H3,(H,27,28,29). The van der Waals surface area contributed by atoms with Crippen LogP contribution in [0.3, 0.4) is 0 Å². The SMILES string of the molecule is Cc1cccc(C)c1C(=O)c1cc2cnc(NN3CCOCC3)nc2n1-c1ccc(F)cc1. The molecule has 1 N–H and O–H groups in total. The monoisotopic (exact) mass is 445 g/mol. The fourth-order valence-electron chi connectivity index (χ4n) is 4.18. The van der Waals surface area contributed by atoms with Crippen molar-refractivity contribution in [3.63, 3.8) is 0 Å². The smallest absolute Gasteiger partial charge is 0.239 e. The molecule has 0 aliphatic carbocycles. The molecule has 8 heteroatoms. The van der Waals surface area contributed by atoms with E-state index in [1.807, 2.05) is 37.1 Å². The molecule has 1 fully saturated rings. The van der Waals surface area contributed by atoms with Crippen LogP contribution in [0, 0.1) is 19.7 Å². The Morgan fingerprint density at radius 2 is 1.76 bits per heavy atom. The first-order valence-electron chi connectivity index (χ1n) is 10.9. The highest BCUT2D eigenvalue weighted by molar-refractivity contribution is 6.12. The van der Waals surface area contributed by atoms with E-state index in [4.69, 9.17) is 9.72 Å². The summed E-state index contributed by atoms with van der Waals surface area (Å²) in [6, 6.07) is 13.6. The molecular formula is C25H24FN5O2. The number of benzene rings is 2. The molecule has 1 saturated heterocycles. The predicted molar refractivity (Wildman–Crippen MR) is 124 cm³/mol. The summed E-state index contributed by atoms with van der Waals surface area (Å²) in [5.74, 6) is -0.0327. The second-order valence-electron chi connectivity index (χ2n) is 8.12. The molecule has 0 spiro atoms. The maximum absolute atomic E-state index is 13.7. The number of nitrogens with one attached hydrogen (secondary N) is 1. The molecule has 0 bridgehead atoms. The van der Waals surface area contributed by atoms with Gasteiger partial charge in [-0.2, -0.15) is 4.98 Å². The summed E-state index contributed by atoms with van der Waals surface area (Å²) >= 11 is 0. The largest absolute Gasteiger partial charge is 0.379 e. The Hall–Kier alpha value is -3.62. The molecule has 3 heterocycles. The summed E-state index contributed by atoms with van der Waals surface area (Å²) in [4.78, 5) is 22.9. The highest BCUT2D eigenvalue weighted by Crippen LogP contribution is 2.27. The van der Waals surface area contributed by atoms with Crippen LogP contribution >= 0.6 is 0 Å². The van der Waals surface area contributed by atoms with Crippen LogP contribution in [-0.2, 0) is 4.74 Å². The molecule has 1 aliphatic rings. The zero-order valence-electron chi connectivity index (χ0n) is 18.5. The molecule has 2 aromatic heterocycles. The molecule has 0 amide bonds. The fourth-order valence-corrected chi connectivity index (χ4v) is 4.18. The van der Waals surface area contributed by atoms with Gasteiger partial charge >= 0.3 is 0 Å². The number of halogens is 1. The van der Waals surface area contributed by atoms with Crippen LogP contribution in [-0.4, -0.2) is 51.6 Å². The summed E-state index contributed by atoms with van der Waals surface area (Å²) in [6.45, 7) is 6.56. The fraction of sp³-hybridized carbons (Fsp3) is 0.240. The Labute approximate surface area is 190 Å². The lowest BCUT2D eigenvalue weighted by Gasteiger charge is -2.26. The number of anilines is 1. The number of ether oxygens (including phenoxy) is 1. The lowest BCUT2D eigenvalue weighted by Crippen LogP contribution is -2.40. The maximum atomic E-state index is 13.7. The van der Waals surface area contributed by atoms with E-state index in [1.165, 1.54) is 12.1 Å². The van der Waals surface area contributed by atoms with Crippen molar-refractivity contribution in [2.75, 3.05) is 31.7 Å². The molecule has 0 unspecified atom stereocenters. The number of ketones is 1. The second-order valence-corrected chi connectivity index (χ2v) is 8.12. The van der Waals surface area contributed by atoms with E-state index < -0.39 is 0 Å². The molecule has 2 aromatic carbocycles. The quantitative estimate of drug-likeness (QED) is 0.467. The minimum atomic E-state index is -0.345. The van der Waals surface area contributed by atoms with Gasteiger partial charge in [0.2, 0.25) is 11.7 Å². The lowest BCUT2D eigenvalue weighted by molar-refractivity contribution is 0.0493. The first-order valence-corrected chi connectivity index (χ1v) is 10.9. The van der Waals surface area contributed by atoms with Gasteiger partial charge in [0.25, 0.3) is 0 Å². The van der Waals surface area contributed by atoms with Crippen LogP contribution in [0.2, 0.25) is 0 Å². The van der Waals surface area contributed by atoms with Crippen molar-refractivity contribution in [2.24, 2.45) is 0 Å². The highest BCUT2D eigenvalue weighted by atomic mass is 19.1. The number of hydrogen-bond donors (Lipinski definition) is 1. The van der Waals surface area contributed by atoms with Crippen molar-refractivity contribution in [2.45, 2.75) is 13.8 Å². The molecule has 5 rings (SSSR count). The number of rotatable bonds is 5. The van der Waals surface area contributed by atoms with Crippen LogP contribution in [0.1, 0.15) is 27.2 Å². The van der Waals surface area contributed by atoms with Crippen molar-refractivity contribution in [3.8, 4) is 5.69 Å². The number of aryl methyl sites for hydroxylation is 2. The average Bonchev–Trinajstić information content (AvgIpc) is 3.19. The normalized spacial score (nSPS) is 14.5. The van der Waals surface area contributed by atoms with Crippen LogP contribution in [0.25, 0.3) is 16.7 Å². The van der Waals surface area contributed by atoms with E-state index in [9.17, 15) is 9.18 Å². The minimum Gasteiger partial charge on any atom is -0.379 e. The number of aromatic nitrogens is 3. The summed E-state index contributed by atoms with van der Waals surface area (Å²) in [5.41, 5.74) is 7.35. The van der Waals surface area contributed by atoms with E-state index in [-0.39, 0.29) is 11.6 Å². The van der Waals surface area contributed by atoms with Gasteiger partial charge in [-0.25, -0.2) is 14.4 Å². The van der Waals surface area contributed by atoms with E-state index in [2.05, 4.69) is 10.4 Å². The summed E-state index contributed by atoms with van der Waals surface area (Å²) in [5, 5.41) is 2.72.